The largest absolute Gasteiger partial charge is 0.466 e. The Morgan fingerprint density at radius 3 is 2.64 bits per heavy atom. The minimum atomic E-state index is -0.745. The first kappa shape index (κ1) is 19.1. The summed E-state index contributed by atoms with van der Waals surface area (Å²) >= 11 is 0. The van der Waals surface area contributed by atoms with E-state index in [0.29, 0.717) is 18.9 Å². The first-order chi connectivity index (χ1) is 10.4. The van der Waals surface area contributed by atoms with Gasteiger partial charge in [-0.05, 0) is 38.5 Å². The number of aliphatic hydroxyl groups excluding tert-OH is 2. The Morgan fingerprint density at radius 2 is 2.05 bits per heavy atom. The molecule has 0 aliphatic carbocycles. The lowest BCUT2D eigenvalue weighted by atomic mass is 9.90. The molecule has 0 saturated carbocycles. The molecule has 1 fully saturated rings. The van der Waals surface area contributed by atoms with Crippen LogP contribution < -0.4 is 0 Å². The van der Waals surface area contributed by atoms with Crippen LogP contribution in [0.25, 0.3) is 0 Å². The van der Waals surface area contributed by atoms with E-state index in [-0.39, 0.29) is 31.2 Å². The van der Waals surface area contributed by atoms with Gasteiger partial charge in [-0.3, -0.25) is 4.79 Å². The molecular weight excluding hydrogens is 284 g/mol. The molecule has 0 spiro atoms. The Labute approximate surface area is 133 Å². The molecule has 1 saturated heterocycles. The fraction of sp³-hybridized carbons (Fsp3) is 0.824. The number of aliphatic hydroxyl groups is 2. The second-order valence-electron chi connectivity index (χ2n) is 6.29. The SMILES string of the molecule is C=C1C[C@H](C[C@@H](O)CC(=O)OCC)O[C@H](C[C@@H](C)CCO)C1. The van der Waals surface area contributed by atoms with Crippen LogP contribution in [0.1, 0.15) is 52.4 Å². The number of esters is 1. The zero-order valence-electron chi connectivity index (χ0n) is 13.8. The van der Waals surface area contributed by atoms with E-state index in [1.54, 1.807) is 6.92 Å². The molecule has 0 aromatic heterocycles. The number of rotatable bonds is 9. The molecule has 5 heteroatoms. The number of ether oxygens (including phenoxy) is 2. The summed E-state index contributed by atoms with van der Waals surface area (Å²) in [5.41, 5.74) is 1.13. The van der Waals surface area contributed by atoms with Crippen molar-refractivity contribution in [1.82, 2.24) is 0 Å². The molecule has 0 unspecified atom stereocenters. The highest BCUT2D eigenvalue weighted by atomic mass is 16.5. The lowest BCUT2D eigenvalue weighted by molar-refractivity contribution is -0.146. The van der Waals surface area contributed by atoms with Crippen LogP contribution in [0.2, 0.25) is 0 Å². The van der Waals surface area contributed by atoms with Crippen LogP contribution in [0.4, 0.5) is 0 Å². The molecule has 1 aliphatic heterocycles. The van der Waals surface area contributed by atoms with Gasteiger partial charge in [0.25, 0.3) is 0 Å². The lowest BCUT2D eigenvalue weighted by Gasteiger charge is -2.33. The Kier molecular flexibility index (Phi) is 8.68. The Bertz CT molecular complexity index is 355. The average molecular weight is 314 g/mol. The number of hydrogen-bond donors (Lipinski definition) is 2. The van der Waals surface area contributed by atoms with Crippen molar-refractivity contribution in [3.63, 3.8) is 0 Å². The van der Waals surface area contributed by atoms with E-state index in [0.717, 1.165) is 31.3 Å². The molecule has 1 heterocycles. The van der Waals surface area contributed by atoms with E-state index in [1.807, 2.05) is 0 Å². The second-order valence-corrected chi connectivity index (χ2v) is 6.29. The summed E-state index contributed by atoms with van der Waals surface area (Å²) in [6.45, 7) is 8.43. The monoisotopic (exact) mass is 314 g/mol. The predicted molar refractivity (Wildman–Crippen MR) is 84.4 cm³/mol. The Balaban J connectivity index is 2.42. The Morgan fingerprint density at radius 1 is 1.41 bits per heavy atom. The zero-order valence-corrected chi connectivity index (χ0v) is 13.8. The van der Waals surface area contributed by atoms with E-state index < -0.39 is 6.10 Å². The fourth-order valence-electron chi connectivity index (χ4n) is 2.96. The van der Waals surface area contributed by atoms with Gasteiger partial charge in [0.05, 0.1) is 31.3 Å². The standard InChI is InChI=1S/C17H30O5/c1-4-21-17(20)11-14(19)10-16-9-13(3)8-15(22-16)7-12(2)5-6-18/h12,14-16,18-19H,3-11H2,1-2H3/t12-,14+,15+,16+/m0/s1. The van der Waals surface area contributed by atoms with Gasteiger partial charge in [-0.1, -0.05) is 19.1 Å². The van der Waals surface area contributed by atoms with E-state index in [2.05, 4.69) is 13.5 Å². The number of carbonyl (C=O) groups is 1. The summed E-state index contributed by atoms with van der Waals surface area (Å²) in [4.78, 5) is 11.4. The highest BCUT2D eigenvalue weighted by Gasteiger charge is 2.28. The third-order valence-corrected chi connectivity index (χ3v) is 3.95. The van der Waals surface area contributed by atoms with Crippen LogP contribution in [0.3, 0.4) is 0 Å². The molecule has 0 amide bonds. The van der Waals surface area contributed by atoms with E-state index in [9.17, 15) is 9.90 Å². The summed E-state index contributed by atoms with van der Waals surface area (Å²) in [6, 6.07) is 0. The van der Waals surface area contributed by atoms with Gasteiger partial charge in [0.2, 0.25) is 0 Å². The third-order valence-electron chi connectivity index (χ3n) is 3.95. The highest BCUT2D eigenvalue weighted by Crippen LogP contribution is 2.30. The van der Waals surface area contributed by atoms with Gasteiger partial charge in [-0.15, -0.1) is 0 Å². The van der Waals surface area contributed by atoms with Crippen LogP contribution >= 0.6 is 0 Å². The van der Waals surface area contributed by atoms with Gasteiger partial charge in [0.1, 0.15) is 0 Å². The van der Waals surface area contributed by atoms with Gasteiger partial charge < -0.3 is 19.7 Å². The maximum Gasteiger partial charge on any atom is 0.308 e. The summed E-state index contributed by atoms with van der Waals surface area (Å²) in [7, 11) is 0. The normalized spacial score (nSPS) is 24.8. The van der Waals surface area contributed by atoms with Crippen LogP contribution in [0, 0.1) is 5.92 Å². The van der Waals surface area contributed by atoms with Crippen molar-refractivity contribution in [2.75, 3.05) is 13.2 Å². The minimum absolute atomic E-state index is 0.00571. The first-order valence-electron chi connectivity index (χ1n) is 8.21. The number of hydrogen-bond acceptors (Lipinski definition) is 5. The predicted octanol–water partition coefficient (Wildman–Crippen LogP) is 2.20. The molecule has 0 aromatic carbocycles. The maximum absolute atomic E-state index is 11.4. The third kappa shape index (κ3) is 7.38. The lowest BCUT2D eigenvalue weighted by Crippen LogP contribution is -2.33. The minimum Gasteiger partial charge on any atom is -0.466 e. The molecule has 5 nitrogen and oxygen atoms in total. The van der Waals surface area contributed by atoms with Crippen LogP contribution in [0.5, 0.6) is 0 Å². The topological polar surface area (TPSA) is 76.0 Å². The van der Waals surface area contributed by atoms with E-state index in [1.165, 1.54) is 0 Å². The van der Waals surface area contributed by atoms with Gasteiger partial charge in [-0.2, -0.15) is 0 Å². The van der Waals surface area contributed by atoms with Crippen LogP contribution in [-0.2, 0) is 14.3 Å². The molecule has 2 N–H and O–H groups in total. The summed E-state index contributed by atoms with van der Waals surface area (Å²) in [5, 5.41) is 19.0. The van der Waals surface area contributed by atoms with E-state index >= 15 is 0 Å². The molecule has 22 heavy (non-hydrogen) atoms. The highest BCUT2D eigenvalue weighted by molar-refractivity contribution is 5.69. The molecule has 1 aliphatic rings. The number of carbonyl (C=O) groups excluding carboxylic acids is 1. The maximum atomic E-state index is 11.4. The molecule has 1 rings (SSSR count). The van der Waals surface area contributed by atoms with E-state index in [4.69, 9.17) is 14.6 Å². The second kappa shape index (κ2) is 9.98. The van der Waals surface area contributed by atoms with Crippen molar-refractivity contribution in [3.8, 4) is 0 Å². The average Bonchev–Trinajstić information content (AvgIpc) is 2.37. The van der Waals surface area contributed by atoms with Crippen molar-refractivity contribution in [3.05, 3.63) is 12.2 Å². The summed E-state index contributed by atoms with van der Waals surface area (Å²) < 4.78 is 10.9. The summed E-state index contributed by atoms with van der Waals surface area (Å²) in [5.74, 6) is 0.0174. The van der Waals surface area contributed by atoms with Crippen LogP contribution in [-0.4, -0.2) is 47.7 Å². The summed E-state index contributed by atoms with van der Waals surface area (Å²) in [6.07, 6.45) is 2.87. The van der Waals surface area contributed by atoms with Crippen LogP contribution in [0.15, 0.2) is 12.2 Å². The van der Waals surface area contributed by atoms with Gasteiger partial charge in [0.15, 0.2) is 0 Å². The Hall–Kier alpha value is -0.910. The molecule has 128 valence electrons. The first-order valence-corrected chi connectivity index (χ1v) is 8.21. The molecule has 0 aromatic rings. The van der Waals surface area contributed by atoms with Gasteiger partial charge in [0, 0.05) is 13.0 Å². The smallest absolute Gasteiger partial charge is 0.308 e. The molecule has 0 radical (unpaired) electrons. The van der Waals surface area contributed by atoms with Crippen molar-refractivity contribution in [1.29, 1.82) is 0 Å². The van der Waals surface area contributed by atoms with Crippen molar-refractivity contribution in [2.24, 2.45) is 5.92 Å². The molecular formula is C17H30O5. The van der Waals surface area contributed by atoms with Crippen molar-refractivity contribution < 1.29 is 24.5 Å². The van der Waals surface area contributed by atoms with Crippen molar-refractivity contribution >= 4 is 5.97 Å². The molecule has 4 atom stereocenters. The fourth-order valence-corrected chi connectivity index (χ4v) is 2.96. The molecule has 0 bridgehead atoms. The quantitative estimate of drug-likeness (QED) is 0.504. The zero-order chi connectivity index (χ0) is 16.5. The van der Waals surface area contributed by atoms with Gasteiger partial charge in [-0.25, -0.2) is 0 Å². The van der Waals surface area contributed by atoms with Gasteiger partial charge >= 0.3 is 5.97 Å². The van der Waals surface area contributed by atoms with Crippen molar-refractivity contribution in [2.45, 2.75) is 70.7 Å².